The molecule has 0 nitrogen and oxygen atoms in total. The van der Waals surface area contributed by atoms with Gasteiger partial charge < -0.3 is 0 Å². The summed E-state index contributed by atoms with van der Waals surface area (Å²) >= 11 is 6.27. The van der Waals surface area contributed by atoms with E-state index in [4.69, 9.17) is 11.6 Å². The fourth-order valence-electron chi connectivity index (χ4n) is 1.81. The van der Waals surface area contributed by atoms with Gasteiger partial charge in [0.2, 0.25) is 0 Å². The second-order valence-corrected chi connectivity index (χ2v) is 4.66. The average Bonchev–Trinajstić information content (AvgIpc) is 2.29. The summed E-state index contributed by atoms with van der Waals surface area (Å²) in [4.78, 5) is 0. The van der Waals surface area contributed by atoms with Gasteiger partial charge in [-0.15, -0.1) is 0 Å². The van der Waals surface area contributed by atoms with Crippen LogP contribution in [-0.4, -0.2) is 0 Å². The lowest BCUT2D eigenvalue weighted by molar-refractivity contribution is 0.867. The maximum Gasteiger partial charge on any atom is 0.0446 e. The van der Waals surface area contributed by atoms with Crippen molar-refractivity contribution in [2.24, 2.45) is 0 Å². The molecular formula is C15H15Cl. The summed E-state index contributed by atoms with van der Waals surface area (Å²) in [5, 5.41) is 0.858. The Morgan fingerprint density at radius 2 is 1.56 bits per heavy atom. The van der Waals surface area contributed by atoms with E-state index in [-0.39, 0.29) is 0 Å². The Morgan fingerprint density at radius 3 is 2.12 bits per heavy atom. The van der Waals surface area contributed by atoms with Gasteiger partial charge in [-0.25, -0.2) is 0 Å². The SMILES string of the molecule is CC(C)c1ccc(-c2ccccc2)cc1Cl. The van der Waals surface area contributed by atoms with Gasteiger partial charge in [0.25, 0.3) is 0 Å². The van der Waals surface area contributed by atoms with Crippen LogP contribution in [0.4, 0.5) is 0 Å². The topological polar surface area (TPSA) is 0 Å². The summed E-state index contributed by atoms with van der Waals surface area (Å²) in [7, 11) is 0. The first kappa shape index (κ1) is 11.2. The molecule has 0 heterocycles. The molecule has 0 atom stereocenters. The molecule has 0 amide bonds. The largest absolute Gasteiger partial charge is 0.0840 e. The first-order valence-electron chi connectivity index (χ1n) is 5.53. The number of halogens is 1. The Balaban J connectivity index is 2.43. The second kappa shape index (κ2) is 4.71. The monoisotopic (exact) mass is 230 g/mol. The molecular weight excluding hydrogens is 216 g/mol. The van der Waals surface area contributed by atoms with E-state index >= 15 is 0 Å². The van der Waals surface area contributed by atoms with Crippen LogP contribution in [0.2, 0.25) is 5.02 Å². The maximum absolute atomic E-state index is 6.27. The van der Waals surface area contributed by atoms with Gasteiger partial charge >= 0.3 is 0 Å². The normalized spacial score (nSPS) is 10.8. The van der Waals surface area contributed by atoms with Crippen molar-refractivity contribution in [3.63, 3.8) is 0 Å². The van der Waals surface area contributed by atoms with Crippen LogP contribution in [0.5, 0.6) is 0 Å². The van der Waals surface area contributed by atoms with Crippen molar-refractivity contribution in [2.75, 3.05) is 0 Å². The molecule has 0 radical (unpaired) electrons. The third-order valence-corrected chi connectivity index (χ3v) is 3.06. The highest BCUT2D eigenvalue weighted by molar-refractivity contribution is 6.31. The number of hydrogen-bond acceptors (Lipinski definition) is 0. The minimum atomic E-state index is 0.470. The lowest BCUT2D eigenvalue weighted by atomic mass is 9.99. The van der Waals surface area contributed by atoms with E-state index in [1.54, 1.807) is 0 Å². The molecule has 0 saturated carbocycles. The highest BCUT2D eigenvalue weighted by atomic mass is 35.5. The van der Waals surface area contributed by atoms with E-state index in [0.717, 1.165) is 5.02 Å². The Hall–Kier alpha value is -1.27. The van der Waals surface area contributed by atoms with Gasteiger partial charge in [0.05, 0.1) is 0 Å². The molecule has 0 aliphatic rings. The smallest absolute Gasteiger partial charge is 0.0446 e. The number of hydrogen-bond donors (Lipinski definition) is 0. The van der Waals surface area contributed by atoms with Crippen LogP contribution < -0.4 is 0 Å². The van der Waals surface area contributed by atoms with E-state index in [0.29, 0.717) is 5.92 Å². The maximum atomic E-state index is 6.27. The van der Waals surface area contributed by atoms with Crippen molar-refractivity contribution in [3.05, 3.63) is 59.1 Å². The zero-order chi connectivity index (χ0) is 11.5. The van der Waals surface area contributed by atoms with Gasteiger partial charge in [0, 0.05) is 5.02 Å². The highest BCUT2D eigenvalue weighted by Crippen LogP contribution is 2.29. The Kier molecular flexibility index (Phi) is 3.31. The van der Waals surface area contributed by atoms with Crippen molar-refractivity contribution >= 4 is 11.6 Å². The number of rotatable bonds is 2. The molecule has 0 saturated heterocycles. The quantitative estimate of drug-likeness (QED) is 0.671. The van der Waals surface area contributed by atoms with Crippen LogP contribution in [0, 0.1) is 0 Å². The Bertz CT molecular complexity index is 472. The Labute approximate surface area is 102 Å². The van der Waals surface area contributed by atoms with Crippen LogP contribution in [0.15, 0.2) is 48.5 Å². The summed E-state index contributed by atoms with van der Waals surface area (Å²) in [5.74, 6) is 0.470. The summed E-state index contributed by atoms with van der Waals surface area (Å²) < 4.78 is 0. The predicted molar refractivity (Wildman–Crippen MR) is 71.0 cm³/mol. The fourth-order valence-corrected chi connectivity index (χ4v) is 2.20. The molecule has 16 heavy (non-hydrogen) atoms. The lowest BCUT2D eigenvalue weighted by Crippen LogP contribution is -1.89. The molecule has 0 aromatic heterocycles. The lowest BCUT2D eigenvalue weighted by Gasteiger charge is -2.10. The van der Waals surface area contributed by atoms with Crippen molar-refractivity contribution < 1.29 is 0 Å². The van der Waals surface area contributed by atoms with E-state index in [2.05, 4.69) is 38.1 Å². The van der Waals surface area contributed by atoms with E-state index in [1.165, 1.54) is 16.7 Å². The summed E-state index contributed by atoms with van der Waals surface area (Å²) in [6, 6.07) is 16.6. The molecule has 2 aromatic carbocycles. The minimum Gasteiger partial charge on any atom is -0.0840 e. The van der Waals surface area contributed by atoms with Crippen molar-refractivity contribution in [3.8, 4) is 11.1 Å². The first-order chi connectivity index (χ1) is 7.68. The summed E-state index contributed by atoms with van der Waals surface area (Å²) in [6.45, 7) is 4.31. The summed E-state index contributed by atoms with van der Waals surface area (Å²) in [5.41, 5.74) is 3.59. The average molecular weight is 231 g/mol. The van der Waals surface area contributed by atoms with Gasteiger partial charge in [-0.05, 0) is 28.7 Å². The molecule has 0 N–H and O–H groups in total. The zero-order valence-electron chi connectivity index (χ0n) is 9.57. The molecule has 0 aliphatic carbocycles. The third-order valence-electron chi connectivity index (χ3n) is 2.73. The van der Waals surface area contributed by atoms with Crippen LogP contribution in [0.3, 0.4) is 0 Å². The van der Waals surface area contributed by atoms with Gasteiger partial charge in [-0.3, -0.25) is 0 Å². The molecule has 1 heteroatoms. The minimum absolute atomic E-state index is 0.470. The molecule has 82 valence electrons. The predicted octanol–water partition coefficient (Wildman–Crippen LogP) is 5.13. The molecule has 0 unspecified atom stereocenters. The number of benzene rings is 2. The van der Waals surface area contributed by atoms with E-state index in [9.17, 15) is 0 Å². The first-order valence-corrected chi connectivity index (χ1v) is 5.91. The van der Waals surface area contributed by atoms with Crippen LogP contribution in [-0.2, 0) is 0 Å². The fraction of sp³-hybridized carbons (Fsp3) is 0.200. The molecule has 2 rings (SSSR count). The molecule has 0 fully saturated rings. The van der Waals surface area contributed by atoms with Crippen molar-refractivity contribution in [2.45, 2.75) is 19.8 Å². The highest BCUT2D eigenvalue weighted by Gasteiger charge is 2.06. The summed E-state index contributed by atoms with van der Waals surface area (Å²) in [6.07, 6.45) is 0. The van der Waals surface area contributed by atoms with Crippen LogP contribution >= 0.6 is 11.6 Å². The molecule has 0 spiro atoms. The van der Waals surface area contributed by atoms with E-state index < -0.39 is 0 Å². The van der Waals surface area contributed by atoms with Gasteiger partial charge in [-0.2, -0.15) is 0 Å². The Morgan fingerprint density at radius 1 is 0.875 bits per heavy atom. The molecule has 0 bridgehead atoms. The molecule has 0 aliphatic heterocycles. The van der Waals surface area contributed by atoms with E-state index in [1.807, 2.05) is 24.3 Å². The molecule has 2 aromatic rings. The second-order valence-electron chi connectivity index (χ2n) is 4.26. The van der Waals surface area contributed by atoms with Gasteiger partial charge in [0.15, 0.2) is 0 Å². The van der Waals surface area contributed by atoms with Crippen molar-refractivity contribution in [1.29, 1.82) is 0 Å². The third kappa shape index (κ3) is 2.28. The van der Waals surface area contributed by atoms with Gasteiger partial charge in [0.1, 0.15) is 0 Å². The van der Waals surface area contributed by atoms with Crippen LogP contribution in [0.25, 0.3) is 11.1 Å². The van der Waals surface area contributed by atoms with Crippen LogP contribution in [0.1, 0.15) is 25.3 Å². The standard InChI is InChI=1S/C15H15Cl/c1-11(2)14-9-8-13(10-15(14)16)12-6-4-3-5-7-12/h3-11H,1-2H3. The van der Waals surface area contributed by atoms with Crippen molar-refractivity contribution in [1.82, 2.24) is 0 Å². The zero-order valence-corrected chi connectivity index (χ0v) is 10.3. The van der Waals surface area contributed by atoms with Gasteiger partial charge in [-0.1, -0.05) is 67.9 Å².